The number of hydrogen-bond donors (Lipinski definition) is 2. The van der Waals surface area contributed by atoms with Gasteiger partial charge in [-0.3, -0.25) is 29.0 Å². The maximum Gasteiger partial charge on any atom is 0.261 e. The molecule has 2 aliphatic rings. The van der Waals surface area contributed by atoms with Gasteiger partial charge in [0.05, 0.1) is 17.7 Å². The van der Waals surface area contributed by atoms with E-state index in [2.05, 4.69) is 10.6 Å². The van der Waals surface area contributed by atoms with Crippen LogP contribution in [0, 0.1) is 5.92 Å². The highest BCUT2D eigenvalue weighted by molar-refractivity contribution is 6.21. The quantitative estimate of drug-likeness (QED) is 0.738. The molecule has 28 heavy (non-hydrogen) atoms. The second-order valence-electron chi connectivity index (χ2n) is 7.69. The average molecular weight is 386 g/mol. The molecule has 0 bridgehead atoms. The number of hydrogen-bond acceptors (Lipinski definition) is 5. The van der Waals surface area contributed by atoms with E-state index in [-0.39, 0.29) is 42.1 Å². The average Bonchev–Trinajstić information content (AvgIpc) is 2.86. The van der Waals surface area contributed by atoms with Crippen LogP contribution >= 0.6 is 0 Å². The third kappa shape index (κ3) is 4.22. The Labute approximate surface area is 164 Å². The Balaban J connectivity index is 1.52. The number of benzene rings is 1. The first-order valence-corrected chi connectivity index (χ1v) is 9.55. The molecular formula is C20H26N4O4. The van der Waals surface area contributed by atoms with Crippen molar-refractivity contribution >= 4 is 29.3 Å². The molecule has 0 saturated carbocycles. The Morgan fingerprint density at radius 2 is 1.75 bits per heavy atom. The van der Waals surface area contributed by atoms with Crippen LogP contribution in [0.2, 0.25) is 0 Å². The van der Waals surface area contributed by atoms with Gasteiger partial charge in [0.2, 0.25) is 11.8 Å². The molecule has 3 rings (SSSR count). The minimum absolute atomic E-state index is 0.000962. The summed E-state index contributed by atoms with van der Waals surface area (Å²) in [7, 11) is 1.44. The Bertz CT molecular complexity index is 812. The first kappa shape index (κ1) is 20.0. The van der Waals surface area contributed by atoms with Crippen molar-refractivity contribution in [3.05, 3.63) is 29.3 Å². The smallest absolute Gasteiger partial charge is 0.261 e. The molecule has 0 aliphatic carbocycles. The van der Waals surface area contributed by atoms with Crippen LogP contribution in [0.15, 0.2) is 18.2 Å². The number of fused-ring (bicyclic) bond motifs is 1. The van der Waals surface area contributed by atoms with Gasteiger partial charge in [-0.2, -0.15) is 0 Å². The molecule has 2 N–H and O–H groups in total. The molecule has 1 aromatic carbocycles. The normalized spacial score (nSPS) is 17.8. The number of nitrogens with zero attached hydrogens (tertiary/aromatic N) is 2. The van der Waals surface area contributed by atoms with Gasteiger partial charge in [-0.05, 0) is 58.0 Å². The van der Waals surface area contributed by atoms with E-state index in [1.54, 1.807) is 18.2 Å². The van der Waals surface area contributed by atoms with Crippen molar-refractivity contribution in [2.45, 2.75) is 32.7 Å². The predicted octanol–water partition coefficient (Wildman–Crippen LogP) is 1.09. The lowest BCUT2D eigenvalue weighted by atomic mass is 9.95. The van der Waals surface area contributed by atoms with Crippen LogP contribution < -0.4 is 10.6 Å². The standard InChI is InChI=1S/C20H26N4O4/c1-12(2)21-18(26)13-6-8-24(9-7-13)11-17(25)22-14-4-5-15-16(10-14)20(28)23(3)19(15)27/h4-5,10,12-13H,6-9,11H2,1-3H3,(H,21,26)(H,22,25). The van der Waals surface area contributed by atoms with Crippen LogP contribution in [0.3, 0.4) is 0 Å². The van der Waals surface area contributed by atoms with E-state index in [0.29, 0.717) is 29.9 Å². The van der Waals surface area contributed by atoms with Gasteiger partial charge in [-0.1, -0.05) is 0 Å². The maximum atomic E-state index is 12.4. The van der Waals surface area contributed by atoms with Gasteiger partial charge in [0.15, 0.2) is 0 Å². The van der Waals surface area contributed by atoms with Crippen LogP contribution in [0.1, 0.15) is 47.4 Å². The van der Waals surface area contributed by atoms with Gasteiger partial charge in [-0.25, -0.2) is 0 Å². The second-order valence-corrected chi connectivity index (χ2v) is 7.69. The van der Waals surface area contributed by atoms with Crippen molar-refractivity contribution in [1.29, 1.82) is 0 Å². The van der Waals surface area contributed by atoms with Crippen molar-refractivity contribution in [2.24, 2.45) is 5.92 Å². The molecular weight excluding hydrogens is 360 g/mol. The van der Waals surface area contributed by atoms with Crippen LogP contribution in [-0.2, 0) is 9.59 Å². The number of carbonyl (C=O) groups excluding carboxylic acids is 4. The number of likely N-dealkylation sites (tertiary alicyclic amines) is 1. The Hall–Kier alpha value is -2.74. The van der Waals surface area contributed by atoms with E-state index in [0.717, 1.165) is 17.7 Å². The van der Waals surface area contributed by atoms with Crippen LogP contribution in [-0.4, -0.2) is 66.2 Å². The topological polar surface area (TPSA) is 98.8 Å². The van der Waals surface area contributed by atoms with E-state index in [4.69, 9.17) is 0 Å². The molecule has 2 aliphatic heterocycles. The summed E-state index contributed by atoms with van der Waals surface area (Å²) in [5.74, 6) is -0.796. The number of rotatable bonds is 5. The zero-order chi connectivity index (χ0) is 20.4. The molecule has 0 aromatic heterocycles. The minimum atomic E-state index is -0.363. The minimum Gasteiger partial charge on any atom is -0.354 e. The Morgan fingerprint density at radius 1 is 1.11 bits per heavy atom. The molecule has 4 amide bonds. The lowest BCUT2D eigenvalue weighted by Crippen LogP contribution is -2.44. The Kier molecular flexibility index (Phi) is 5.79. The number of carbonyl (C=O) groups is 4. The molecule has 1 saturated heterocycles. The van der Waals surface area contributed by atoms with Crippen LogP contribution in [0.25, 0.3) is 0 Å². The molecule has 1 aromatic rings. The highest BCUT2D eigenvalue weighted by Crippen LogP contribution is 2.25. The summed E-state index contributed by atoms with van der Waals surface area (Å²) in [6.45, 7) is 5.48. The molecule has 8 heteroatoms. The predicted molar refractivity (Wildman–Crippen MR) is 104 cm³/mol. The molecule has 0 spiro atoms. The number of nitrogens with one attached hydrogen (secondary N) is 2. The third-order valence-corrected chi connectivity index (χ3v) is 5.13. The summed E-state index contributed by atoms with van der Waals surface area (Å²) in [6.07, 6.45) is 1.46. The van der Waals surface area contributed by atoms with E-state index in [9.17, 15) is 19.2 Å². The Morgan fingerprint density at radius 3 is 2.39 bits per heavy atom. The molecule has 0 atom stereocenters. The van der Waals surface area contributed by atoms with Crippen LogP contribution in [0.4, 0.5) is 5.69 Å². The van der Waals surface area contributed by atoms with Crippen molar-refractivity contribution in [2.75, 3.05) is 32.0 Å². The lowest BCUT2D eigenvalue weighted by Gasteiger charge is -2.31. The van der Waals surface area contributed by atoms with E-state index >= 15 is 0 Å². The van der Waals surface area contributed by atoms with Gasteiger partial charge >= 0.3 is 0 Å². The van der Waals surface area contributed by atoms with Crippen LogP contribution in [0.5, 0.6) is 0 Å². The lowest BCUT2D eigenvalue weighted by molar-refractivity contribution is -0.127. The first-order chi connectivity index (χ1) is 13.3. The summed E-state index contributed by atoms with van der Waals surface area (Å²) in [5.41, 5.74) is 1.15. The van der Waals surface area contributed by atoms with Gasteiger partial charge in [0, 0.05) is 24.7 Å². The summed E-state index contributed by atoms with van der Waals surface area (Å²) in [4.78, 5) is 51.5. The first-order valence-electron chi connectivity index (χ1n) is 9.55. The summed E-state index contributed by atoms with van der Waals surface area (Å²) in [6, 6.07) is 4.86. The fourth-order valence-electron chi connectivity index (χ4n) is 3.60. The van der Waals surface area contributed by atoms with Gasteiger partial charge < -0.3 is 10.6 Å². The molecule has 0 unspecified atom stereocenters. The molecule has 8 nitrogen and oxygen atoms in total. The number of anilines is 1. The third-order valence-electron chi connectivity index (χ3n) is 5.13. The molecule has 1 fully saturated rings. The molecule has 150 valence electrons. The monoisotopic (exact) mass is 386 g/mol. The highest BCUT2D eigenvalue weighted by Gasteiger charge is 2.33. The number of imide groups is 1. The number of amides is 4. The summed E-state index contributed by atoms with van der Waals surface area (Å²) in [5, 5.41) is 5.73. The fourth-order valence-corrected chi connectivity index (χ4v) is 3.60. The SMILES string of the molecule is CC(C)NC(=O)C1CCN(CC(=O)Nc2ccc3c(c2)C(=O)N(C)C3=O)CC1. The zero-order valence-electron chi connectivity index (χ0n) is 16.4. The molecule has 2 heterocycles. The second kappa shape index (κ2) is 8.10. The molecule has 0 radical (unpaired) electrons. The highest BCUT2D eigenvalue weighted by atomic mass is 16.2. The van der Waals surface area contributed by atoms with Gasteiger partial charge in [-0.15, -0.1) is 0 Å². The van der Waals surface area contributed by atoms with Gasteiger partial charge in [0.1, 0.15) is 0 Å². The van der Waals surface area contributed by atoms with E-state index in [1.807, 2.05) is 18.7 Å². The zero-order valence-corrected chi connectivity index (χ0v) is 16.4. The van der Waals surface area contributed by atoms with Gasteiger partial charge in [0.25, 0.3) is 11.8 Å². The van der Waals surface area contributed by atoms with Crippen molar-refractivity contribution in [1.82, 2.24) is 15.1 Å². The largest absolute Gasteiger partial charge is 0.354 e. The summed E-state index contributed by atoms with van der Waals surface area (Å²) >= 11 is 0. The maximum absolute atomic E-state index is 12.4. The number of piperidine rings is 1. The van der Waals surface area contributed by atoms with E-state index < -0.39 is 0 Å². The van der Waals surface area contributed by atoms with Crippen molar-refractivity contribution in [3.63, 3.8) is 0 Å². The van der Waals surface area contributed by atoms with E-state index in [1.165, 1.54) is 7.05 Å². The summed E-state index contributed by atoms with van der Waals surface area (Å²) < 4.78 is 0. The van der Waals surface area contributed by atoms with Crippen molar-refractivity contribution < 1.29 is 19.2 Å². The fraction of sp³-hybridized carbons (Fsp3) is 0.500. The van der Waals surface area contributed by atoms with Crippen molar-refractivity contribution in [3.8, 4) is 0 Å².